The first kappa shape index (κ1) is 19.0. The van der Waals surface area contributed by atoms with Crippen molar-refractivity contribution in [1.82, 2.24) is 4.90 Å². The maximum atomic E-state index is 12.1. The number of rotatable bonds is 4. The number of likely N-dealkylation sites (N-methyl/N-ethyl adjacent to an activating group) is 1. The van der Waals surface area contributed by atoms with E-state index < -0.39 is 5.60 Å². The first-order chi connectivity index (χ1) is 14.1. The van der Waals surface area contributed by atoms with E-state index in [0.29, 0.717) is 6.61 Å². The summed E-state index contributed by atoms with van der Waals surface area (Å²) in [5.41, 5.74) is 2.75. The molecule has 3 aliphatic rings. The van der Waals surface area contributed by atoms with E-state index in [0.717, 1.165) is 62.1 Å². The molecular weight excluding hydrogens is 362 g/mol. The van der Waals surface area contributed by atoms with Gasteiger partial charge in [0, 0.05) is 17.0 Å². The number of likely N-dealkylation sites (tertiary alicyclic amines) is 1. The van der Waals surface area contributed by atoms with Crippen LogP contribution in [0, 0.1) is 0 Å². The summed E-state index contributed by atoms with van der Waals surface area (Å²) >= 11 is 0. The molecule has 3 atom stereocenters. The number of hydrogen-bond donors (Lipinski definition) is 1. The highest BCUT2D eigenvalue weighted by Crippen LogP contribution is 2.61. The lowest BCUT2D eigenvalue weighted by molar-refractivity contribution is -0.161. The molecule has 29 heavy (non-hydrogen) atoms. The van der Waals surface area contributed by atoms with Crippen LogP contribution in [0.4, 0.5) is 0 Å². The van der Waals surface area contributed by atoms with Crippen LogP contribution in [0.1, 0.15) is 48.8 Å². The molecular formula is C25H31NO3. The van der Waals surface area contributed by atoms with E-state index in [2.05, 4.69) is 30.1 Å². The Morgan fingerprint density at radius 2 is 1.86 bits per heavy atom. The van der Waals surface area contributed by atoms with Gasteiger partial charge in [0.25, 0.3) is 0 Å². The Kier molecular flexibility index (Phi) is 4.60. The van der Waals surface area contributed by atoms with E-state index in [1.807, 2.05) is 24.3 Å². The number of piperidine rings is 1. The molecule has 154 valence electrons. The zero-order valence-electron chi connectivity index (χ0n) is 17.5. The van der Waals surface area contributed by atoms with Crippen LogP contribution in [0.2, 0.25) is 0 Å². The summed E-state index contributed by atoms with van der Waals surface area (Å²) in [4.78, 5) is 2.38. The number of nitrogens with zero attached hydrogens (tertiary/aromatic N) is 1. The first-order valence-electron chi connectivity index (χ1n) is 10.9. The molecule has 1 saturated carbocycles. The normalized spacial score (nSPS) is 30.9. The third-order valence-electron chi connectivity index (χ3n) is 7.76. The standard InChI is InChI=1S/C25H31NO3/c1-26-15-14-24-12-6-7-13-25(24,27)21(26)16-19-10-11-20(28-2)23(22(19)24)29-17-18-8-4-3-5-9-18/h3-5,8-11,21,27H,6-7,12-17H2,1-2H3/t21-,24+,25-/m1/s1. The van der Waals surface area contributed by atoms with Gasteiger partial charge in [0.1, 0.15) is 6.61 Å². The van der Waals surface area contributed by atoms with Crippen molar-refractivity contribution in [1.29, 1.82) is 0 Å². The number of benzene rings is 2. The third kappa shape index (κ3) is 2.72. The van der Waals surface area contributed by atoms with E-state index in [1.54, 1.807) is 7.11 Å². The fourth-order valence-electron chi connectivity index (χ4n) is 6.32. The topological polar surface area (TPSA) is 41.9 Å². The number of aliphatic hydroxyl groups is 1. The molecule has 5 rings (SSSR count). The van der Waals surface area contributed by atoms with Crippen molar-refractivity contribution in [2.45, 2.75) is 62.2 Å². The second-order valence-corrected chi connectivity index (χ2v) is 9.07. The highest BCUT2D eigenvalue weighted by molar-refractivity contribution is 5.59. The SMILES string of the molecule is COc1ccc2c(c1OCc1ccccc1)[C@@]13CCCC[C@@]1(O)[C@@H](C2)N(C)CC3. The largest absolute Gasteiger partial charge is 0.493 e. The maximum Gasteiger partial charge on any atom is 0.165 e. The molecule has 1 heterocycles. The molecule has 2 aromatic rings. The van der Waals surface area contributed by atoms with E-state index in [9.17, 15) is 5.11 Å². The molecule has 2 fully saturated rings. The van der Waals surface area contributed by atoms with Crippen molar-refractivity contribution in [3.05, 3.63) is 59.2 Å². The van der Waals surface area contributed by atoms with Crippen LogP contribution in [0.15, 0.2) is 42.5 Å². The summed E-state index contributed by atoms with van der Waals surface area (Å²) in [5.74, 6) is 1.62. The van der Waals surface area contributed by atoms with Crippen LogP contribution in [0.3, 0.4) is 0 Å². The van der Waals surface area contributed by atoms with Crippen molar-refractivity contribution in [2.24, 2.45) is 0 Å². The molecule has 2 bridgehead atoms. The van der Waals surface area contributed by atoms with E-state index in [-0.39, 0.29) is 11.5 Å². The summed E-state index contributed by atoms with van der Waals surface area (Å²) in [5, 5.41) is 12.1. The lowest BCUT2D eigenvalue weighted by Crippen LogP contribution is -2.71. The molecule has 1 N–H and O–H groups in total. The highest BCUT2D eigenvalue weighted by Gasteiger charge is 2.63. The summed E-state index contributed by atoms with van der Waals surface area (Å²) in [6.45, 7) is 1.52. The molecule has 1 saturated heterocycles. The van der Waals surface area contributed by atoms with Gasteiger partial charge in [0.05, 0.1) is 12.7 Å². The van der Waals surface area contributed by atoms with Crippen LogP contribution in [-0.4, -0.2) is 42.4 Å². The molecule has 0 radical (unpaired) electrons. The van der Waals surface area contributed by atoms with Gasteiger partial charge in [-0.1, -0.05) is 49.2 Å². The second kappa shape index (κ2) is 7.03. The molecule has 0 amide bonds. The fraction of sp³-hybridized carbons (Fsp3) is 0.520. The van der Waals surface area contributed by atoms with Crippen molar-refractivity contribution in [3.8, 4) is 11.5 Å². The third-order valence-corrected chi connectivity index (χ3v) is 7.76. The number of fused-ring (bicyclic) bond motifs is 1. The predicted molar refractivity (Wildman–Crippen MR) is 114 cm³/mol. The predicted octanol–water partition coefficient (Wildman–Crippen LogP) is 4.08. The van der Waals surface area contributed by atoms with Crippen LogP contribution >= 0.6 is 0 Å². The summed E-state index contributed by atoms with van der Waals surface area (Å²) in [6, 6.07) is 14.7. The Bertz CT molecular complexity index is 898. The molecule has 4 nitrogen and oxygen atoms in total. The van der Waals surface area contributed by atoms with E-state index in [4.69, 9.17) is 9.47 Å². The van der Waals surface area contributed by atoms with Gasteiger partial charge in [0.2, 0.25) is 0 Å². The smallest absolute Gasteiger partial charge is 0.165 e. The van der Waals surface area contributed by atoms with Crippen LogP contribution < -0.4 is 9.47 Å². The van der Waals surface area contributed by atoms with Gasteiger partial charge in [-0.2, -0.15) is 0 Å². The van der Waals surface area contributed by atoms with Crippen LogP contribution in [0.25, 0.3) is 0 Å². The average molecular weight is 394 g/mol. The van der Waals surface area contributed by atoms with Gasteiger partial charge < -0.3 is 19.5 Å². The molecule has 2 aliphatic carbocycles. The molecule has 0 spiro atoms. The Morgan fingerprint density at radius 3 is 2.66 bits per heavy atom. The Balaban J connectivity index is 1.65. The lowest BCUT2D eigenvalue weighted by atomic mass is 9.49. The van der Waals surface area contributed by atoms with Crippen molar-refractivity contribution in [2.75, 3.05) is 20.7 Å². The monoisotopic (exact) mass is 393 g/mol. The second-order valence-electron chi connectivity index (χ2n) is 9.07. The van der Waals surface area contributed by atoms with Gasteiger partial charge in [0.15, 0.2) is 11.5 Å². The van der Waals surface area contributed by atoms with Gasteiger partial charge in [-0.15, -0.1) is 0 Å². The van der Waals surface area contributed by atoms with Gasteiger partial charge in [-0.3, -0.25) is 0 Å². The average Bonchev–Trinajstić information content (AvgIpc) is 2.75. The molecule has 1 aliphatic heterocycles. The Morgan fingerprint density at radius 1 is 1.07 bits per heavy atom. The lowest BCUT2D eigenvalue weighted by Gasteiger charge is -2.63. The minimum Gasteiger partial charge on any atom is -0.493 e. The van der Waals surface area contributed by atoms with Gasteiger partial charge in [-0.25, -0.2) is 0 Å². The summed E-state index contributed by atoms with van der Waals surface area (Å²) < 4.78 is 12.2. The highest BCUT2D eigenvalue weighted by atomic mass is 16.5. The maximum absolute atomic E-state index is 12.1. The molecule has 0 unspecified atom stereocenters. The van der Waals surface area contributed by atoms with Crippen molar-refractivity contribution < 1.29 is 14.6 Å². The van der Waals surface area contributed by atoms with E-state index in [1.165, 1.54) is 11.1 Å². The Labute approximate surface area is 173 Å². The molecule has 0 aromatic heterocycles. The summed E-state index contributed by atoms with van der Waals surface area (Å²) in [6.07, 6.45) is 6.00. The minimum absolute atomic E-state index is 0.180. The number of hydrogen-bond acceptors (Lipinski definition) is 4. The number of methoxy groups -OCH3 is 1. The van der Waals surface area contributed by atoms with Gasteiger partial charge >= 0.3 is 0 Å². The number of ether oxygens (including phenoxy) is 2. The quantitative estimate of drug-likeness (QED) is 0.850. The fourth-order valence-corrected chi connectivity index (χ4v) is 6.32. The Hall–Kier alpha value is -2.04. The zero-order valence-corrected chi connectivity index (χ0v) is 17.5. The zero-order chi connectivity index (χ0) is 20.1. The van der Waals surface area contributed by atoms with E-state index >= 15 is 0 Å². The summed E-state index contributed by atoms with van der Waals surface area (Å²) in [7, 11) is 3.88. The van der Waals surface area contributed by atoms with Gasteiger partial charge in [-0.05, 0) is 56.5 Å². The van der Waals surface area contributed by atoms with Crippen LogP contribution in [0.5, 0.6) is 11.5 Å². The molecule has 4 heteroatoms. The minimum atomic E-state index is -0.692. The van der Waals surface area contributed by atoms with Crippen molar-refractivity contribution >= 4 is 0 Å². The van der Waals surface area contributed by atoms with Crippen molar-refractivity contribution in [3.63, 3.8) is 0 Å². The van der Waals surface area contributed by atoms with Crippen LogP contribution in [-0.2, 0) is 18.4 Å². The first-order valence-corrected chi connectivity index (χ1v) is 10.9. The molecule has 2 aromatic carbocycles.